The SMILES string of the molecule is CC(C)=CCCC(C)CCOC(=O)I. The zero-order valence-electron chi connectivity index (χ0n) is 9.18. The summed E-state index contributed by atoms with van der Waals surface area (Å²) in [6, 6.07) is 0. The van der Waals surface area contributed by atoms with E-state index in [9.17, 15) is 4.79 Å². The molecule has 0 saturated heterocycles. The average Bonchev–Trinajstić information content (AvgIpc) is 2.02. The van der Waals surface area contributed by atoms with Gasteiger partial charge in [0, 0.05) is 0 Å². The van der Waals surface area contributed by atoms with Crippen LogP contribution in [-0.2, 0) is 4.74 Å². The Hall–Kier alpha value is -0.0600. The predicted molar refractivity (Wildman–Crippen MR) is 67.8 cm³/mol. The molecular formula is C11H19IO2. The third kappa shape index (κ3) is 10.0. The summed E-state index contributed by atoms with van der Waals surface area (Å²) in [6.07, 6.45) is 5.51. The zero-order chi connectivity index (χ0) is 11.0. The third-order valence-corrected chi connectivity index (χ3v) is 2.35. The number of halogens is 1. The molecule has 0 radical (unpaired) electrons. The molecule has 0 fully saturated rings. The maximum Gasteiger partial charge on any atom is 0.367 e. The highest BCUT2D eigenvalue weighted by atomic mass is 127. The van der Waals surface area contributed by atoms with Crippen LogP contribution < -0.4 is 0 Å². The first kappa shape index (κ1) is 13.9. The molecule has 0 aromatic rings. The van der Waals surface area contributed by atoms with Crippen LogP contribution in [0.5, 0.6) is 0 Å². The molecule has 1 unspecified atom stereocenters. The molecule has 0 aromatic carbocycles. The number of hydrogen-bond acceptors (Lipinski definition) is 2. The standard InChI is InChI=1S/C11H19IO2/c1-9(2)5-4-6-10(3)7-8-14-11(12)13/h5,10H,4,6-8H2,1-3H3. The molecule has 0 aliphatic carbocycles. The van der Waals surface area contributed by atoms with Crippen LogP contribution in [0.25, 0.3) is 0 Å². The second-order valence-corrected chi connectivity index (χ2v) is 4.72. The monoisotopic (exact) mass is 310 g/mol. The van der Waals surface area contributed by atoms with Gasteiger partial charge in [-0.2, -0.15) is 0 Å². The molecule has 1 atom stereocenters. The van der Waals surface area contributed by atoms with Gasteiger partial charge in [-0.25, -0.2) is 4.79 Å². The fourth-order valence-corrected chi connectivity index (χ4v) is 1.36. The molecule has 0 heterocycles. The molecule has 0 spiro atoms. The van der Waals surface area contributed by atoms with Crippen molar-refractivity contribution in [3.8, 4) is 0 Å². The Morgan fingerprint density at radius 1 is 1.43 bits per heavy atom. The quantitative estimate of drug-likeness (QED) is 0.415. The first-order valence-electron chi connectivity index (χ1n) is 4.98. The Morgan fingerprint density at radius 2 is 2.07 bits per heavy atom. The van der Waals surface area contributed by atoms with E-state index in [1.54, 1.807) is 22.6 Å². The highest BCUT2D eigenvalue weighted by molar-refractivity contribution is 14.1. The van der Waals surface area contributed by atoms with Crippen molar-refractivity contribution in [3.63, 3.8) is 0 Å². The van der Waals surface area contributed by atoms with Crippen molar-refractivity contribution in [1.82, 2.24) is 0 Å². The lowest BCUT2D eigenvalue weighted by Gasteiger charge is -2.09. The van der Waals surface area contributed by atoms with Gasteiger partial charge in [0.15, 0.2) is 0 Å². The van der Waals surface area contributed by atoms with E-state index in [1.165, 1.54) is 12.0 Å². The smallest absolute Gasteiger partial charge is 0.367 e. The van der Waals surface area contributed by atoms with Crippen molar-refractivity contribution in [2.75, 3.05) is 6.61 Å². The summed E-state index contributed by atoms with van der Waals surface area (Å²) in [5.41, 5.74) is 1.37. The lowest BCUT2D eigenvalue weighted by molar-refractivity contribution is 0.170. The molecule has 0 bridgehead atoms. The van der Waals surface area contributed by atoms with Crippen molar-refractivity contribution >= 4 is 26.6 Å². The third-order valence-electron chi connectivity index (χ3n) is 2.04. The van der Waals surface area contributed by atoms with Gasteiger partial charge >= 0.3 is 3.98 Å². The van der Waals surface area contributed by atoms with Crippen molar-refractivity contribution < 1.29 is 9.53 Å². The molecule has 2 nitrogen and oxygen atoms in total. The largest absolute Gasteiger partial charge is 0.458 e. The van der Waals surface area contributed by atoms with Gasteiger partial charge in [0.25, 0.3) is 0 Å². The number of allylic oxidation sites excluding steroid dienone is 2. The Morgan fingerprint density at radius 3 is 2.57 bits per heavy atom. The van der Waals surface area contributed by atoms with E-state index in [2.05, 4.69) is 26.8 Å². The highest BCUT2D eigenvalue weighted by Gasteiger charge is 2.02. The van der Waals surface area contributed by atoms with E-state index < -0.39 is 0 Å². The Kier molecular flexibility index (Phi) is 8.23. The lowest BCUT2D eigenvalue weighted by Crippen LogP contribution is -2.02. The minimum absolute atomic E-state index is 0.209. The van der Waals surface area contributed by atoms with Gasteiger partial charge < -0.3 is 4.74 Å². The summed E-state index contributed by atoms with van der Waals surface area (Å²) in [5.74, 6) is 0.626. The molecule has 0 aliphatic rings. The molecule has 82 valence electrons. The maximum atomic E-state index is 10.5. The summed E-state index contributed by atoms with van der Waals surface area (Å²) in [4.78, 5) is 10.5. The lowest BCUT2D eigenvalue weighted by atomic mass is 10.0. The summed E-state index contributed by atoms with van der Waals surface area (Å²) in [6.45, 7) is 6.97. The van der Waals surface area contributed by atoms with Crippen molar-refractivity contribution in [2.24, 2.45) is 5.92 Å². The van der Waals surface area contributed by atoms with Gasteiger partial charge in [0.1, 0.15) is 0 Å². The molecule has 0 N–H and O–H groups in total. The van der Waals surface area contributed by atoms with Crippen LogP contribution in [0.3, 0.4) is 0 Å². The Bertz CT molecular complexity index is 195. The molecule has 3 heteroatoms. The summed E-state index contributed by atoms with van der Waals surface area (Å²) in [7, 11) is 0. The molecular weight excluding hydrogens is 291 g/mol. The Balaban J connectivity index is 3.41. The topological polar surface area (TPSA) is 26.3 Å². The second-order valence-electron chi connectivity index (χ2n) is 3.84. The number of carbonyl (C=O) groups is 1. The van der Waals surface area contributed by atoms with Crippen LogP contribution in [-0.4, -0.2) is 10.6 Å². The van der Waals surface area contributed by atoms with E-state index in [0.717, 1.165) is 12.8 Å². The van der Waals surface area contributed by atoms with Gasteiger partial charge in [-0.15, -0.1) is 0 Å². The molecule has 0 saturated carbocycles. The number of hydrogen-bond donors (Lipinski definition) is 0. The van der Waals surface area contributed by atoms with E-state index in [-0.39, 0.29) is 3.98 Å². The van der Waals surface area contributed by atoms with Crippen LogP contribution >= 0.6 is 22.6 Å². The van der Waals surface area contributed by atoms with Gasteiger partial charge in [-0.05, 0) is 39.0 Å². The summed E-state index contributed by atoms with van der Waals surface area (Å²) >= 11 is 1.66. The maximum absolute atomic E-state index is 10.5. The van der Waals surface area contributed by atoms with Gasteiger partial charge in [0.2, 0.25) is 0 Å². The average molecular weight is 310 g/mol. The van der Waals surface area contributed by atoms with Gasteiger partial charge in [-0.3, -0.25) is 0 Å². The molecule has 0 aromatic heterocycles. The highest BCUT2D eigenvalue weighted by Crippen LogP contribution is 2.12. The summed E-state index contributed by atoms with van der Waals surface area (Å²) < 4.78 is 4.66. The van der Waals surface area contributed by atoms with Crippen LogP contribution in [0.2, 0.25) is 0 Å². The van der Waals surface area contributed by atoms with Crippen LogP contribution in [0.1, 0.15) is 40.0 Å². The van der Waals surface area contributed by atoms with Crippen LogP contribution in [0, 0.1) is 5.92 Å². The summed E-state index contributed by atoms with van der Waals surface area (Å²) in [5, 5.41) is 0. The Labute approximate surface area is 100 Å². The van der Waals surface area contributed by atoms with Crippen LogP contribution in [0.4, 0.5) is 4.79 Å². The normalized spacial score (nSPS) is 12.0. The predicted octanol–water partition coefficient (Wildman–Crippen LogP) is 4.33. The van der Waals surface area contributed by atoms with Gasteiger partial charge in [-0.1, -0.05) is 18.6 Å². The number of rotatable bonds is 6. The first-order chi connectivity index (χ1) is 6.52. The van der Waals surface area contributed by atoms with E-state index >= 15 is 0 Å². The minimum atomic E-state index is -0.209. The van der Waals surface area contributed by atoms with Crippen LogP contribution in [0.15, 0.2) is 11.6 Å². The molecule has 0 amide bonds. The van der Waals surface area contributed by atoms with E-state index in [1.807, 2.05) is 0 Å². The fourth-order valence-electron chi connectivity index (χ4n) is 1.14. The molecule has 0 aliphatic heterocycles. The minimum Gasteiger partial charge on any atom is -0.458 e. The number of carbonyl (C=O) groups excluding carboxylic acids is 1. The first-order valence-corrected chi connectivity index (χ1v) is 6.06. The number of ether oxygens (including phenoxy) is 1. The molecule has 0 rings (SSSR count). The zero-order valence-corrected chi connectivity index (χ0v) is 11.3. The second kappa shape index (κ2) is 8.26. The van der Waals surface area contributed by atoms with Crippen molar-refractivity contribution in [1.29, 1.82) is 0 Å². The van der Waals surface area contributed by atoms with Crippen molar-refractivity contribution in [2.45, 2.75) is 40.0 Å². The van der Waals surface area contributed by atoms with Gasteiger partial charge in [0.05, 0.1) is 29.2 Å². The van der Waals surface area contributed by atoms with Crippen molar-refractivity contribution in [3.05, 3.63) is 11.6 Å². The molecule has 14 heavy (non-hydrogen) atoms. The van der Waals surface area contributed by atoms with E-state index in [4.69, 9.17) is 4.74 Å². The van der Waals surface area contributed by atoms with E-state index in [0.29, 0.717) is 12.5 Å². The fraction of sp³-hybridized carbons (Fsp3) is 0.727.